The molecule has 1 unspecified atom stereocenters. The number of nitrogens with one attached hydrogen (secondary N) is 1. The summed E-state index contributed by atoms with van der Waals surface area (Å²) in [6.45, 7) is 2.16. The molecule has 2 heteroatoms. The van der Waals surface area contributed by atoms with Gasteiger partial charge in [-0.3, -0.25) is 11.3 Å². The van der Waals surface area contributed by atoms with E-state index < -0.39 is 0 Å². The Bertz CT molecular complexity index is 356. The van der Waals surface area contributed by atoms with Gasteiger partial charge in [0.15, 0.2) is 0 Å². The third-order valence-corrected chi connectivity index (χ3v) is 4.26. The van der Waals surface area contributed by atoms with E-state index in [1.807, 2.05) is 0 Å². The molecule has 3 N–H and O–H groups in total. The highest BCUT2D eigenvalue weighted by atomic mass is 15.2. The van der Waals surface area contributed by atoms with Crippen LogP contribution < -0.4 is 11.3 Å². The highest BCUT2D eigenvalue weighted by Gasteiger charge is 2.22. The molecule has 100 valence electrons. The Balaban J connectivity index is 1.86. The standard InChI is InChI=1S/C16H26N2/c1-13-6-5-7-14(12-13)10-11-16(18-17)15-8-3-2-4-9-15/h5-7,12,15-16,18H,2-4,8-11,17H2,1H3. The SMILES string of the molecule is Cc1cccc(CCC(NN)C2CCCCC2)c1. The Morgan fingerprint density at radius 3 is 2.72 bits per heavy atom. The van der Waals surface area contributed by atoms with Crippen LogP contribution in [0.25, 0.3) is 0 Å². The first kappa shape index (κ1) is 13.6. The minimum atomic E-state index is 0.491. The van der Waals surface area contributed by atoms with Crippen LogP contribution in [-0.2, 0) is 6.42 Å². The summed E-state index contributed by atoms with van der Waals surface area (Å²) in [6, 6.07) is 9.31. The van der Waals surface area contributed by atoms with Crippen molar-refractivity contribution in [1.29, 1.82) is 0 Å². The normalized spacial score (nSPS) is 18.8. The molecule has 1 saturated carbocycles. The Labute approximate surface area is 111 Å². The topological polar surface area (TPSA) is 38.0 Å². The van der Waals surface area contributed by atoms with E-state index in [2.05, 4.69) is 36.6 Å². The summed E-state index contributed by atoms with van der Waals surface area (Å²) in [4.78, 5) is 0. The van der Waals surface area contributed by atoms with Crippen LogP contribution in [0.1, 0.15) is 49.7 Å². The van der Waals surface area contributed by atoms with Crippen molar-refractivity contribution in [1.82, 2.24) is 5.43 Å². The Morgan fingerprint density at radius 1 is 1.28 bits per heavy atom. The maximum absolute atomic E-state index is 5.75. The molecule has 0 aromatic heterocycles. The molecule has 0 heterocycles. The maximum Gasteiger partial charge on any atom is 0.0241 e. The van der Waals surface area contributed by atoms with Gasteiger partial charge in [0.2, 0.25) is 0 Å². The van der Waals surface area contributed by atoms with Crippen LogP contribution in [0, 0.1) is 12.8 Å². The Kier molecular flexibility index (Phi) is 5.21. The summed E-state index contributed by atoms with van der Waals surface area (Å²) < 4.78 is 0. The lowest BCUT2D eigenvalue weighted by Gasteiger charge is -2.29. The van der Waals surface area contributed by atoms with Gasteiger partial charge in [-0.25, -0.2) is 0 Å². The van der Waals surface area contributed by atoms with Gasteiger partial charge in [0.1, 0.15) is 0 Å². The quantitative estimate of drug-likeness (QED) is 0.617. The second-order valence-corrected chi connectivity index (χ2v) is 5.70. The Morgan fingerprint density at radius 2 is 2.06 bits per heavy atom. The molecule has 1 aliphatic carbocycles. The van der Waals surface area contributed by atoms with Gasteiger partial charge in [0.25, 0.3) is 0 Å². The van der Waals surface area contributed by atoms with Crippen LogP contribution in [0.2, 0.25) is 0 Å². The van der Waals surface area contributed by atoms with Gasteiger partial charge in [-0.15, -0.1) is 0 Å². The zero-order valence-corrected chi connectivity index (χ0v) is 11.5. The average molecular weight is 246 g/mol. The van der Waals surface area contributed by atoms with E-state index in [1.165, 1.54) is 43.2 Å². The smallest absolute Gasteiger partial charge is 0.0241 e. The first-order valence-corrected chi connectivity index (χ1v) is 7.31. The van der Waals surface area contributed by atoms with Crippen molar-refractivity contribution in [3.05, 3.63) is 35.4 Å². The van der Waals surface area contributed by atoms with Gasteiger partial charge >= 0.3 is 0 Å². The molecule has 0 amide bonds. The maximum atomic E-state index is 5.75. The minimum absolute atomic E-state index is 0.491. The number of hydrogen-bond acceptors (Lipinski definition) is 2. The van der Waals surface area contributed by atoms with Crippen LogP contribution in [0.4, 0.5) is 0 Å². The molecule has 1 fully saturated rings. The highest BCUT2D eigenvalue weighted by Crippen LogP contribution is 2.28. The number of nitrogens with two attached hydrogens (primary N) is 1. The molecule has 1 aliphatic rings. The zero-order valence-electron chi connectivity index (χ0n) is 11.5. The van der Waals surface area contributed by atoms with E-state index in [1.54, 1.807) is 0 Å². The van der Waals surface area contributed by atoms with E-state index in [-0.39, 0.29) is 0 Å². The van der Waals surface area contributed by atoms with Gasteiger partial charge in [0, 0.05) is 6.04 Å². The molecule has 2 rings (SSSR count). The van der Waals surface area contributed by atoms with Crippen LogP contribution in [0.3, 0.4) is 0 Å². The lowest BCUT2D eigenvalue weighted by atomic mass is 9.82. The average Bonchev–Trinajstić information content (AvgIpc) is 2.41. The van der Waals surface area contributed by atoms with Crippen molar-refractivity contribution < 1.29 is 0 Å². The van der Waals surface area contributed by atoms with Gasteiger partial charge in [-0.2, -0.15) is 0 Å². The number of benzene rings is 1. The van der Waals surface area contributed by atoms with Crippen molar-refractivity contribution in [2.24, 2.45) is 11.8 Å². The first-order chi connectivity index (χ1) is 8.79. The fraction of sp³-hybridized carbons (Fsp3) is 0.625. The van der Waals surface area contributed by atoms with E-state index in [4.69, 9.17) is 5.84 Å². The third kappa shape index (κ3) is 3.82. The molecule has 0 radical (unpaired) electrons. The predicted molar refractivity (Wildman–Crippen MR) is 77.2 cm³/mol. The molecule has 2 nitrogen and oxygen atoms in total. The molecule has 18 heavy (non-hydrogen) atoms. The molecular weight excluding hydrogens is 220 g/mol. The monoisotopic (exact) mass is 246 g/mol. The summed E-state index contributed by atoms with van der Waals surface area (Å²) in [7, 11) is 0. The molecule has 0 saturated heterocycles. The lowest BCUT2D eigenvalue weighted by molar-refractivity contribution is 0.260. The fourth-order valence-electron chi connectivity index (χ4n) is 3.18. The fourth-order valence-corrected chi connectivity index (χ4v) is 3.18. The highest BCUT2D eigenvalue weighted by molar-refractivity contribution is 5.22. The molecule has 1 aromatic carbocycles. The molecule has 0 bridgehead atoms. The largest absolute Gasteiger partial charge is 0.271 e. The summed E-state index contributed by atoms with van der Waals surface area (Å²) >= 11 is 0. The summed E-state index contributed by atoms with van der Waals surface area (Å²) in [6.07, 6.45) is 9.16. The molecule has 0 aliphatic heterocycles. The zero-order chi connectivity index (χ0) is 12.8. The summed E-state index contributed by atoms with van der Waals surface area (Å²) in [5, 5.41) is 0. The molecule has 0 spiro atoms. The van der Waals surface area contributed by atoms with Crippen LogP contribution in [0.5, 0.6) is 0 Å². The van der Waals surface area contributed by atoms with Crippen molar-refractivity contribution in [3.63, 3.8) is 0 Å². The number of hydrazine groups is 1. The molecular formula is C16H26N2. The second-order valence-electron chi connectivity index (χ2n) is 5.70. The van der Waals surface area contributed by atoms with Crippen LogP contribution in [-0.4, -0.2) is 6.04 Å². The van der Waals surface area contributed by atoms with E-state index in [0.717, 1.165) is 18.8 Å². The molecule has 1 atom stereocenters. The number of hydrogen-bond donors (Lipinski definition) is 2. The molecule has 1 aromatic rings. The van der Waals surface area contributed by atoms with Crippen molar-refractivity contribution in [2.75, 3.05) is 0 Å². The van der Waals surface area contributed by atoms with E-state index in [9.17, 15) is 0 Å². The Hall–Kier alpha value is -0.860. The van der Waals surface area contributed by atoms with Gasteiger partial charge in [-0.1, -0.05) is 49.1 Å². The van der Waals surface area contributed by atoms with Crippen molar-refractivity contribution >= 4 is 0 Å². The summed E-state index contributed by atoms with van der Waals surface area (Å²) in [5.41, 5.74) is 5.84. The minimum Gasteiger partial charge on any atom is -0.271 e. The van der Waals surface area contributed by atoms with Crippen LogP contribution in [0.15, 0.2) is 24.3 Å². The lowest BCUT2D eigenvalue weighted by Crippen LogP contribution is -2.42. The predicted octanol–water partition coefficient (Wildman–Crippen LogP) is 3.34. The van der Waals surface area contributed by atoms with Crippen LogP contribution >= 0.6 is 0 Å². The third-order valence-electron chi connectivity index (χ3n) is 4.26. The number of rotatable bonds is 5. The van der Waals surface area contributed by atoms with Crippen molar-refractivity contribution in [3.8, 4) is 0 Å². The van der Waals surface area contributed by atoms with Crippen molar-refractivity contribution in [2.45, 2.75) is 57.9 Å². The van der Waals surface area contributed by atoms with Gasteiger partial charge < -0.3 is 0 Å². The number of aryl methyl sites for hydroxylation is 2. The summed E-state index contributed by atoms with van der Waals surface area (Å²) in [5.74, 6) is 6.53. The van der Waals surface area contributed by atoms with Gasteiger partial charge in [0.05, 0.1) is 0 Å². The first-order valence-electron chi connectivity index (χ1n) is 7.31. The second kappa shape index (κ2) is 6.91. The van der Waals surface area contributed by atoms with Gasteiger partial charge in [-0.05, 0) is 44.1 Å². The van der Waals surface area contributed by atoms with E-state index >= 15 is 0 Å². The van der Waals surface area contributed by atoms with E-state index in [0.29, 0.717) is 6.04 Å².